The van der Waals surface area contributed by atoms with E-state index in [9.17, 15) is 0 Å². The number of methoxy groups -OCH3 is 2. The number of benzene rings is 1. The van der Waals surface area contributed by atoms with Crippen LogP contribution in [0, 0.1) is 13.8 Å². The molecule has 0 amide bonds. The van der Waals surface area contributed by atoms with Crippen LogP contribution in [-0.4, -0.2) is 24.2 Å². The van der Waals surface area contributed by atoms with E-state index in [2.05, 4.69) is 51.1 Å². The SMILES string of the molecule is COc1cc2nc(C)nc(NC(C)c3cc(C)c(Br)s3)c2cc1OC.Cl. The Morgan fingerprint density at radius 1 is 1.08 bits per heavy atom. The predicted molar refractivity (Wildman–Crippen MR) is 113 cm³/mol. The minimum atomic E-state index is 0. The molecule has 0 bridgehead atoms. The van der Waals surface area contributed by atoms with Gasteiger partial charge in [0.1, 0.15) is 11.6 Å². The summed E-state index contributed by atoms with van der Waals surface area (Å²) in [6, 6.07) is 6.11. The highest BCUT2D eigenvalue weighted by Crippen LogP contribution is 2.36. The first kappa shape index (κ1) is 20.7. The van der Waals surface area contributed by atoms with Crippen LogP contribution in [0.1, 0.15) is 29.2 Å². The molecule has 3 rings (SSSR count). The molecule has 0 saturated heterocycles. The molecule has 3 aromatic rings. The van der Waals surface area contributed by atoms with Crippen molar-refractivity contribution in [3.63, 3.8) is 0 Å². The zero-order valence-electron chi connectivity index (χ0n) is 15.2. The van der Waals surface area contributed by atoms with Gasteiger partial charge in [0.15, 0.2) is 11.5 Å². The molecule has 0 fully saturated rings. The minimum Gasteiger partial charge on any atom is -0.493 e. The second-order valence-electron chi connectivity index (χ2n) is 5.82. The number of ether oxygens (including phenoxy) is 2. The van der Waals surface area contributed by atoms with Crippen molar-refractivity contribution in [2.75, 3.05) is 19.5 Å². The van der Waals surface area contributed by atoms with Crippen LogP contribution in [0.3, 0.4) is 0 Å². The van der Waals surface area contributed by atoms with Gasteiger partial charge in [-0.15, -0.1) is 23.7 Å². The molecule has 1 N–H and O–H groups in total. The quantitative estimate of drug-likeness (QED) is 0.533. The summed E-state index contributed by atoms with van der Waals surface area (Å²) in [5.74, 6) is 2.81. The Morgan fingerprint density at radius 3 is 2.31 bits per heavy atom. The van der Waals surface area contributed by atoms with Gasteiger partial charge in [-0.05, 0) is 54.4 Å². The first-order valence-corrected chi connectivity index (χ1v) is 9.46. The van der Waals surface area contributed by atoms with Gasteiger partial charge in [-0.25, -0.2) is 9.97 Å². The molecule has 0 radical (unpaired) electrons. The maximum absolute atomic E-state index is 5.43. The van der Waals surface area contributed by atoms with Crippen molar-refractivity contribution in [3.8, 4) is 11.5 Å². The van der Waals surface area contributed by atoms with Gasteiger partial charge in [-0.3, -0.25) is 0 Å². The van der Waals surface area contributed by atoms with Crippen LogP contribution in [0.5, 0.6) is 11.5 Å². The first-order valence-electron chi connectivity index (χ1n) is 7.85. The van der Waals surface area contributed by atoms with Crippen molar-refractivity contribution in [3.05, 3.63) is 38.3 Å². The average molecular weight is 459 g/mol. The molecular formula is C18H21BrClN3O2S. The van der Waals surface area contributed by atoms with Gasteiger partial charge in [0.05, 0.1) is 29.6 Å². The zero-order chi connectivity index (χ0) is 18.1. The molecule has 5 nitrogen and oxygen atoms in total. The van der Waals surface area contributed by atoms with E-state index in [1.54, 1.807) is 25.6 Å². The lowest BCUT2D eigenvalue weighted by Crippen LogP contribution is -2.08. The smallest absolute Gasteiger partial charge is 0.162 e. The summed E-state index contributed by atoms with van der Waals surface area (Å²) in [7, 11) is 3.25. The molecule has 26 heavy (non-hydrogen) atoms. The monoisotopic (exact) mass is 457 g/mol. The Morgan fingerprint density at radius 2 is 1.73 bits per heavy atom. The molecule has 1 aromatic carbocycles. The van der Waals surface area contributed by atoms with Gasteiger partial charge in [0, 0.05) is 16.3 Å². The Bertz CT molecular complexity index is 913. The van der Waals surface area contributed by atoms with E-state index in [1.807, 2.05) is 19.1 Å². The molecule has 0 aliphatic carbocycles. The standard InChI is InChI=1S/C18H20BrN3O2S.ClH/c1-9-6-16(25-17(9)19)10(2)20-18-12-7-14(23-4)15(24-5)8-13(12)21-11(3)22-18;/h6-8,10H,1-5H3,(H,20,21,22);1H. The van der Waals surface area contributed by atoms with Crippen LogP contribution in [0.25, 0.3) is 10.9 Å². The summed E-state index contributed by atoms with van der Waals surface area (Å²) in [6.07, 6.45) is 0. The fraction of sp³-hybridized carbons (Fsp3) is 0.333. The van der Waals surface area contributed by atoms with Crippen molar-refractivity contribution >= 4 is 56.4 Å². The van der Waals surface area contributed by atoms with Crippen LogP contribution in [0.4, 0.5) is 5.82 Å². The number of halogens is 2. The molecule has 0 aliphatic heterocycles. The predicted octanol–water partition coefficient (Wildman–Crippen LogP) is 5.68. The van der Waals surface area contributed by atoms with Crippen LogP contribution in [0.2, 0.25) is 0 Å². The highest BCUT2D eigenvalue weighted by molar-refractivity contribution is 9.11. The average Bonchev–Trinajstić information content (AvgIpc) is 2.92. The number of thiophene rings is 1. The van der Waals surface area contributed by atoms with Crippen LogP contribution >= 0.6 is 39.7 Å². The molecular weight excluding hydrogens is 438 g/mol. The van der Waals surface area contributed by atoms with Gasteiger partial charge in [-0.1, -0.05) is 0 Å². The zero-order valence-corrected chi connectivity index (χ0v) is 18.4. The lowest BCUT2D eigenvalue weighted by molar-refractivity contribution is 0.356. The normalized spacial score (nSPS) is 11.8. The van der Waals surface area contributed by atoms with Gasteiger partial charge in [-0.2, -0.15) is 0 Å². The second kappa shape index (κ2) is 8.41. The number of nitrogens with one attached hydrogen (secondary N) is 1. The Kier molecular flexibility index (Phi) is 6.71. The molecule has 140 valence electrons. The van der Waals surface area contributed by atoms with Crippen molar-refractivity contribution in [2.45, 2.75) is 26.8 Å². The number of anilines is 1. The van der Waals surface area contributed by atoms with E-state index in [0.29, 0.717) is 17.3 Å². The van der Waals surface area contributed by atoms with E-state index < -0.39 is 0 Å². The van der Waals surface area contributed by atoms with Gasteiger partial charge in [0.2, 0.25) is 0 Å². The molecule has 1 atom stereocenters. The minimum absolute atomic E-state index is 0. The second-order valence-corrected chi connectivity index (χ2v) is 8.22. The van der Waals surface area contributed by atoms with Crippen molar-refractivity contribution in [1.82, 2.24) is 9.97 Å². The van der Waals surface area contributed by atoms with E-state index in [0.717, 1.165) is 20.5 Å². The van der Waals surface area contributed by atoms with Gasteiger partial charge >= 0.3 is 0 Å². The number of hydrogen-bond donors (Lipinski definition) is 1. The van der Waals surface area contributed by atoms with Crippen molar-refractivity contribution < 1.29 is 9.47 Å². The third-order valence-electron chi connectivity index (χ3n) is 3.97. The summed E-state index contributed by atoms with van der Waals surface area (Å²) in [5.41, 5.74) is 2.06. The molecule has 1 unspecified atom stereocenters. The first-order chi connectivity index (χ1) is 11.9. The molecule has 0 spiro atoms. The Balaban J connectivity index is 0.00000243. The van der Waals surface area contributed by atoms with E-state index in [-0.39, 0.29) is 18.4 Å². The molecule has 0 aliphatic rings. The number of hydrogen-bond acceptors (Lipinski definition) is 6. The van der Waals surface area contributed by atoms with Crippen LogP contribution in [-0.2, 0) is 0 Å². The summed E-state index contributed by atoms with van der Waals surface area (Å²) < 4.78 is 12.0. The lowest BCUT2D eigenvalue weighted by Gasteiger charge is -2.16. The number of nitrogens with zero attached hydrogens (tertiary/aromatic N) is 2. The molecule has 0 saturated carbocycles. The Labute approximate surface area is 171 Å². The fourth-order valence-electron chi connectivity index (χ4n) is 2.65. The summed E-state index contributed by atoms with van der Waals surface area (Å²) in [6.45, 7) is 6.11. The number of aryl methyl sites for hydroxylation is 2. The number of aromatic nitrogens is 2. The van der Waals surface area contributed by atoms with Crippen LogP contribution in [0.15, 0.2) is 22.0 Å². The molecule has 2 heterocycles. The maximum atomic E-state index is 5.43. The van der Waals surface area contributed by atoms with E-state index in [1.165, 1.54) is 10.4 Å². The van der Waals surface area contributed by atoms with Crippen molar-refractivity contribution in [1.29, 1.82) is 0 Å². The highest BCUT2D eigenvalue weighted by atomic mass is 79.9. The third-order valence-corrected chi connectivity index (χ3v) is 6.29. The highest BCUT2D eigenvalue weighted by Gasteiger charge is 2.16. The fourth-order valence-corrected chi connectivity index (χ4v) is 4.23. The van der Waals surface area contributed by atoms with Gasteiger partial charge < -0.3 is 14.8 Å². The summed E-state index contributed by atoms with van der Waals surface area (Å²) in [4.78, 5) is 10.4. The number of rotatable bonds is 5. The summed E-state index contributed by atoms with van der Waals surface area (Å²) >= 11 is 5.32. The van der Waals surface area contributed by atoms with Crippen molar-refractivity contribution in [2.24, 2.45) is 0 Å². The third kappa shape index (κ3) is 4.05. The maximum Gasteiger partial charge on any atom is 0.162 e. The topological polar surface area (TPSA) is 56.3 Å². The largest absolute Gasteiger partial charge is 0.493 e. The molecule has 8 heteroatoms. The van der Waals surface area contributed by atoms with Crippen LogP contribution < -0.4 is 14.8 Å². The lowest BCUT2D eigenvalue weighted by atomic mass is 10.2. The number of fused-ring (bicyclic) bond motifs is 1. The summed E-state index contributed by atoms with van der Waals surface area (Å²) in [5, 5.41) is 4.42. The van der Waals surface area contributed by atoms with Gasteiger partial charge in [0.25, 0.3) is 0 Å². The van der Waals surface area contributed by atoms with E-state index >= 15 is 0 Å². The van der Waals surface area contributed by atoms with E-state index in [4.69, 9.17) is 9.47 Å². The Hall–Kier alpha value is -1.57. The molecule has 2 aromatic heterocycles.